The molecule has 1 atom stereocenters. The highest BCUT2D eigenvalue weighted by molar-refractivity contribution is 7.13. The van der Waals surface area contributed by atoms with Crippen molar-refractivity contribution >= 4 is 16.5 Å². The minimum atomic E-state index is -0.126. The second-order valence-corrected chi connectivity index (χ2v) is 5.49. The lowest BCUT2D eigenvalue weighted by atomic mass is 10.2. The number of azo groups is 1. The number of hydrogen-bond donors (Lipinski definition) is 0. The van der Waals surface area contributed by atoms with Crippen LogP contribution in [-0.4, -0.2) is 12.1 Å². The Morgan fingerprint density at radius 2 is 2.18 bits per heavy atom. The molecule has 5 nitrogen and oxygen atoms in total. The van der Waals surface area contributed by atoms with Crippen LogP contribution in [0.2, 0.25) is 0 Å². The summed E-state index contributed by atoms with van der Waals surface area (Å²) in [6.45, 7) is 1.93. The number of benzene rings is 1. The minimum Gasteiger partial charge on any atom is -0.497 e. The number of thiazole rings is 1. The molecule has 0 bridgehead atoms. The molecular formula is C16H15N3O2S. The SMILES string of the molecule is COc1cccc(-c2csc(N=NC(C)c3ccco3)n2)c1. The summed E-state index contributed by atoms with van der Waals surface area (Å²) in [7, 11) is 1.65. The first kappa shape index (κ1) is 14.5. The molecule has 3 rings (SSSR count). The average Bonchev–Trinajstić information content (AvgIpc) is 3.24. The van der Waals surface area contributed by atoms with E-state index in [0.717, 1.165) is 22.8 Å². The van der Waals surface area contributed by atoms with E-state index in [9.17, 15) is 0 Å². The summed E-state index contributed by atoms with van der Waals surface area (Å²) in [5.41, 5.74) is 1.86. The van der Waals surface area contributed by atoms with E-state index < -0.39 is 0 Å². The van der Waals surface area contributed by atoms with Gasteiger partial charge in [0.1, 0.15) is 17.6 Å². The van der Waals surface area contributed by atoms with E-state index in [-0.39, 0.29) is 6.04 Å². The van der Waals surface area contributed by atoms with E-state index in [0.29, 0.717) is 5.13 Å². The zero-order valence-corrected chi connectivity index (χ0v) is 13.1. The van der Waals surface area contributed by atoms with E-state index in [1.165, 1.54) is 11.3 Å². The molecule has 1 aromatic carbocycles. The van der Waals surface area contributed by atoms with Crippen molar-refractivity contribution in [2.75, 3.05) is 7.11 Å². The van der Waals surface area contributed by atoms with E-state index in [1.807, 2.05) is 48.7 Å². The first-order valence-electron chi connectivity index (χ1n) is 6.80. The van der Waals surface area contributed by atoms with Crippen molar-refractivity contribution in [1.82, 2.24) is 4.98 Å². The monoisotopic (exact) mass is 313 g/mol. The molecule has 112 valence electrons. The average molecular weight is 313 g/mol. The second-order valence-electron chi connectivity index (χ2n) is 4.65. The molecule has 0 aliphatic carbocycles. The highest BCUT2D eigenvalue weighted by Gasteiger charge is 2.08. The largest absolute Gasteiger partial charge is 0.497 e. The maximum atomic E-state index is 5.30. The standard InChI is InChI=1S/C16H15N3O2S/c1-11(15-7-4-8-21-15)18-19-16-17-14(10-22-16)12-5-3-6-13(9-12)20-2/h3-11H,1-2H3. The van der Waals surface area contributed by atoms with Gasteiger partial charge in [0.15, 0.2) is 0 Å². The molecule has 0 saturated carbocycles. The van der Waals surface area contributed by atoms with Gasteiger partial charge in [0.25, 0.3) is 0 Å². The molecule has 22 heavy (non-hydrogen) atoms. The van der Waals surface area contributed by atoms with Gasteiger partial charge in [-0.15, -0.1) is 16.5 Å². The maximum absolute atomic E-state index is 5.30. The van der Waals surface area contributed by atoms with Crippen LogP contribution >= 0.6 is 11.3 Å². The zero-order valence-electron chi connectivity index (χ0n) is 12.3. The molecule has 0 aliphatic heterocycles. The van der Waals surface area contributed by atoms with Gasteiger partial charge in [0.2, 0.25) is 5.13 Å². The van der Waals surface area contributed by atoms with Crippen molar-refractivity contribution in [2.45, 2.75) is 13.0 Å². The summed E-state index contributed by atoms with van der Waals surface area (Å²) in [6.07, 6.45) is 1.63. The first-order valence-corrected chi connectivity index (χ1v) is 7.68. The third-order valence-corrected chi connectivity index (χ3v) is 3.85. The Balaban J connectivity index is 1.76. The second kappa shape index (κ2) is 6.53. The Morgan fingerprint density at radius 1 is 1.27 bits per heavy atom. The fourth-order valence-electron chi connectivity index (χ4n) is 1.95. The third-order valence-electron chi connectivity index (χ3n) is 3.13. The number of hydrogen-bond acceptors (Lipinski definition) is 6. The topological polar surface area (TPSA) is 60.0 Å². The molecular weight excluding hydrogens is 298 g/mol. The Labute approximate surface area is 132 Å². The van der Waals surface area contributed by atoms with Crippen LogP contribution in [0, 0.1) is 0 Å². The van der Waals surface area contributed by atoms with E-state index in [1.54, 1.807) is 13.4 Å². The summed E-state index contributed by atoms with van der Waals surface area (Å²) >= 11 is 1.45. The Hall–Kier alpha value is -2.47. The van der Waals surface area contributed by atoms with Gasteiger partial charge >= 0.3 is 0 Å². The molecule has 1 unspecified atom stereocenters. The molecule has 2 heterocycles. The Kier molecular flexibility index (Phi) is 4.29. The molecule has 0 spiro atoms. The van der Waals surface area contributed by atoms with E-state index >= 15 is 0 Å². The molecule has 6 heteroatoms. The van der Waals surface area contributed by atoms with Crippen molar-refractivity contribution in [3.8, 4) is 17.0 Å². The van der Waals surface area contributed by atoms with Gasteiger partial charge in [0, 0.05) is 10.9 Å². The normalized spacial score (nSPS) is 12.6. The van der Waals surface area contributed by atoms with Gasteiger partial charge in [-0.25, -0.2) is 4.98 Å². The van der Waals surface area contributed by atoms with Gasteiger partial charge in [-0.05, 0) is 31.2 Å². The summed E-state index contributed by atoms with van der Waals surface area (Å²) in [4.78, 5) is 4.48. The number of methoxy groups -OCH3 is 1. The fourth-order valence-corrected chi connectivity index (χ4v) is 2.60. The number of aromatic nitrogens is 1. The van der Waals surface area contributed by atoms with E-state index in [2.05, 4.69) is 15.2 Å². The maximum Gasteiger partial charge on any atom is 0.230 e. The molecule has 0 aliphatic rings. The zero-order chi connectivity index (χ0) is 15.4. The van der Waals surface area contributed by atoms with Gasteiger partial charge in [-0.3, -0.25) is 0 Å². The lowest BCUT2D eigenvalue weighted by Gasteiger charge is -2.01. The Bertz CT molecular complexity index is 765. The summed E-state index contributed by atoms with van der Waals surface area (Å²) in [5, 5.41) is 11.0. The van der Waals surface area contributed by atoms with Gasteiger partial charge < -0.3 is 9.15 Å². The number of nitrogens with zero attached hydrogens (tertiary/aromatic N) is 3. The molecule has 2 aromatic heterocycles. The predicted octanol–water partition coefficient (Wildman–Crippen LogP) is 5.26. The van der Waals surface area contributed by atoms with Crippen LogP contribution in [-0.2, 0) is 0 Å². The quantitative estimate of drug-likeness (QED) is 0.604. The predicted molar refractivity (Wildman–Crippen MR) is 85.7 cm³/mol. The van der Waals surface area contributed by atoms with Crippen LogP contribution < -0.4 is 4.74 Å². The molecule has 0 amide bonds. The van der Waals surface area contributed by atoms with Crippen LogP contribution in [0.1, 0.15) is 18.7 Å². The van der Waals surface area contributed by atoms with Crippen molar-refractivity contribution in [3.63, 3.8) is 0 Å². The molecule has 0 fully saturated rings. The molecule has 3 aromatic rings. The lowest BCUT2D eigenvalue weighted by Crippen LogP contribution is -1.84. The van der Waals surface area contributed by atoms with Crippen molar-refractivity contribution in [3.05, 3.63) is 53.8 Å². The highest BCUT2D eigenvalue weighted by Crippen LogP contribution is 2.30. The smallest absolute Gasteiger partial charge is 0.230 e. The van der Waals surface area contributed by atoms with Crippen LogP contribution in [0.25, 0.3) is 11.3 Å². The summed E-state index contributed by atoms with van der Waals surface area (Å²) < 4.78 is 10.5. The molecule has 0 saturated heterocycles. The van der Waals surface area contributed by atoms with Crippen molar-refractivity contribution in [2.24, 2.45) is 10.2 Å². The Morgan fingerprint density at radius 3 is 2.95 bits per heavy atom. The lowest BCUT2D eigenvalue weighted by molar-refractivity contribution is 0.415. The van der Waals surface area contributed by atoms with Crippen LogP contribution in [0.5, 0.6) is 5.75 Å². The highest BCUT2D eigenvalue weighted by atomic mass is 32.1. The third kappa shape index (κ3) is 3.23. The van der Waals surface area contributed by atoms with Gasteiger partial charge in [0.05, 0.1) is 19.1 Å². The van der Waals surface area contributed by atoms with Gasteiger partial charge in [-0.2, -0.15) is 5.11 Å². The van der Waals surface area contributed by atoms with Gasteiger partial charge in [-0.1, -0.05) is 12.1 Å². The minimum absolute atomic E-state index is 0.126. The summed E-state index contributed by atoms with van der Waals surface area (Å²) in [5.74, 6) is 1.59. The number of furan rings is 1. The van der Waals surface area contributed by atoms with Crippen molar-refractivity contribution < 1.29 is 9.15 Å². The van der Waals surface area contributed by atoms with E-state index in [4.69, 9.17) is 9.15 Å². The molecule has 0 radical (unpaired) electrons. The van der Waals surface area contributed by atoms with Crippen molar-refractivity contribution in [1.29, 1.82) is 0 Å². The van der Waals surface area contributed by atoms with Crippen LogP contribution in [0.3, 0.4) is 0 Å². The number of rotatable bonds is 5. The van der Waals surface area contributed by atoms with Crippen LogP contribution in [0.4, 0.5) is 5.13 Å². The summed E-state index contributed by atoms with van der Waals surface area (Å²) in [6, 6.07) is 11.4. The van der Waals surface area contributed by atoms with Crippen LogP contribution in [0.15, 0.2) is 62.7 Å². The molecule has 0 N–H and O–H groups in total. The first-order chi connectivity index (χ1) is 10.8. The fraction of sp³-hybridized carbons (Fsp3) is 0.188. The number of ether oxygens (including phenoxy) is 1.